The molecule has 7 nitrogen and oxygen atoms in total. The van der Waals surface area contributed by atoms with Crippen molar-refractivity contribution in [3.8, 4) is 0 Å². The molecule has 3 N–H and O–H groups in total. The van der Waals surface area contributed by atoms with Crippen LogP contribution in [0.2, 0.25) is 0 Å². The van der Waals surface area contributed by atoms with Gasteiger partial charge in [0.15, 0.2) is 0 Å². The predicted molar refractivity (Wildman–Crippen MR) is 121 cm³/mol. The molecule has 0 fully saturated rings. The molecular weight excluding hydrogens is 384 g/mol. The Kier molecular flexibility index (Phi) is 10.9. The molecule has 0 bridgehead atoms. The lowest BCUT2D eigenvalue weighted by molar-refractivity contribution is -0.137. The standard InChI is InChI=1S/C23H38N2O5/c1-6-21(27)28-17-13-25(20-9-7-19(24)8-10-20)14-18-30-23(4,5)12-16-29-22(2,3)11-15-26/h6-10,26H,1,11-18,24H2,2-5H3. The van der Waals surface area contributed by atoms with Crippen molar-refractivity contribution in [1.29, 1.82) is 0 Å². The molecule has 1 aromatic rings. The van der Waals surface area contributed by atoms with Crippen LogP contribution in [0.5, 0.6) is 0 Å². The van der Waals surface area contributed by atoms with E-state index in [-0.39, 0.29) is 24.4 Å². The minimum Gasteiger partial charge on any atom is -0.461 e. The topological polar surface area (TPSA) is 94.2 Å². The molecule has 170 valence electrons. The number of anilines is 2. The molecule has 1 rings (SSSR count). The van der Waals surface area contributed by atoms with Gasteiger partial charge in [-0.1, -0.05) is 6.58 Å². The van der Waals surface area contributed by atoms with Crippen LogP contribution < -0.4 is 10.6 Å². The van der Waals surface area contributed by atoms with Crippen molar-refractivity contribution < 1.29 is 24.1 Å². The Morgan fingerprint density at radius 2 is 1.60 bits per heavy atom. The van der Waals surface area contributed by atoms with Crippen molar-refractivity contribution >= 4 is 17.3 Å². The van der Waals surface area contributed by atoms with Crippen LogP contribution in [0.15, 0.2) is 36.9 Å². The third-order valence-electron chi connectivity index (χ3n) is 4.80. The first-order chi connectivity index (χ1) is 14.1. The summed E-state index contributed by atoms with van der Waals surface area (Å²) >= 11 is 0. The first-order valence-corrected chi connectivity index (χ1v) is 10.4. The van der Waals surface area contributed by atoms with Crippen molar-refractivity contribution in [3.63, 3.8) is 0 Å². The summed E-state index contributed by atoms with van der Waals surface area (Å²) in [5.41, 5.74) is 6.76. The van der Waals surface area contributed by atoms with Crippen molar-refractivity contribution in [2.75, 3.05) is 50.2 Å². The number of carbonyl (C=O) groups excluding carboxylic acids is 1. The molecule has 0 spiro atoms. The maximum atomic E-state index is 11.3. The average molecular weight is 423 g/mol. The second-order valence-electron chi connectivity index (χ2n) is 8.39. The van der Waals surface area contributed by atoms with Gasteiger partial charge in [-0.05, 0) is 64.8 Å². The largest absolute Gasteiger partial charge is 0.461 e. The van der Waals surface area contributed by atoms with Crippen molar-refractivity contribution in [1.82, 2.24) is 0 Å². The lowest BCUT2D eigenvalue weighted by atomic mass is 10.0. The van der Waals surface area contributed by atoms with E-state index in [1.54, 1.807) is 0 Å². The van der Waals surface area contributed by atoms with Gasteiger partial charge in [-0.2, -0.15) is 0 Å². The number of esters is 1. The molecule has 0 atom stereocenters. The number of ether oxygens (including phenoxy) is 3. The van der Waals surface area contributed by atoms with Crippen molar-refractivity contribution in [2.45, 2.75) is 51.7 Å². The van der Waals surface area contributed by atoms with Gasteiger partial charge in [0.25, 0.3) is 0 Å². The molecule has 0 unspecified atom stereocenters. The van der Waals surface area contributed by atoms with E-state index in [1.165, 1.54) is 0 Å². The van der Waals surface area contributed by atoms with Crippen LogP contribution >= 0.6 is 0 Å². The fourth-order valence-electron chi connectivity index (χ4n) is 2.79. The molecule has 30 heavy (non-hydrogen) atoms. The molecule has 0 amide bonds. The molecule has 0 saturated heterocycles. The number of carbonyl (C=O) groups is 1. The molecular formula is C23H38N2O5. The zero-order valence-electron chi connectivity index (χ0n) is 18.9. The molecule has 0 aromatic heterocycles. The first-order valence-electron chi connectivity index (χ1n) is 10.4. The Labute approximate surface area is 180 Å². The van der Waals surface area contributed by atoms with Crippen LogP contribution in [0.3, 0.4) is 0 Å². The number of nitrogens with zero attached hydrogens (tertiary/aromatic N) is 1. The van der Waals surface area contributed by atoms with Gasteiger partial charge in [0.1, 0.15) is 6.61 Å². The van der Waals surface area contributed by atoms with Gasteiger partial charge < -0.3 is 30.0 Å². The SMILES string of the molecule is C=CC(=O)OCCN(CCOC(C)(C)CCOC(C)(C)CCO)c1ccc(N)cc1. The molecule has 0 saturated carbocycles. The van der Waals surface area contributed by atoms with Gasteiger partial charge in [0.05, 0.1) is 31.0 Å². The Bertz CT molecular complexity index is 643. The number of benzene rings is 1. The van der Waals surface area contributed by atoms with E-state index in [2.05, 4.69) is 11.5 Å². The van der Waals surface area contributed by atoms with Gasteiger partial charge in [0, 0.05) is 30.6 Å². The zero-order valence-corrected chi connectivity index (χ0v) is 18.9. The van der Waals surface area contributed by atoms with Gasteiger partial charge >= 0.3 is 5.97 Å². The first kappa shape index (κ1) is 25.9. The number of aliphatic hydroxyl groups is 1. The Hall–Kier alpha value is -2.09. The maximum absolute atomic E-state index is 11.3. The van der Waals surface area contributed by atoms with E-state index >= 15 is 0 Å². The molecule has 7 heteroatoms. The highest BCUT2D eigenvalue weighted by Gasteiger charge is 2.22. The number of aliphatic hydroxyl groups excluding tert-OH is 1. The third-order valence-corrected chi connectivity index (χ3v) is 4.80. The zero-order chi connectivity index (χ0) is 22.6. The fraction of sp³-hybridized carbons (Fsp3) is 0.609. The van der Waals surface area contributed by atoms with Gasteiger partial charge in [-0.15, -0.1) is 0 Å². The van der Waals surface area contributed by atoms with Gasteiger partial charge in [-0.3, -0.25) is 0 Å². The lowest BCUT2D eigenvalue weighted by Crippen LogP contribution is -2.36. The van der Waals surface area contributed by atoms with E-state index < -0.39 is 5.97 Å². The number of nitrogens with two attached hydrogens (primary N) is 1. The predicted octanol–water partition coefficient (Wildman–Crippen LogP) is 3.17. The summed E-state index contributed by atoms with van der Waals surface area (Å²) in [6.07, 6.45) is 2.49. The number of nitrogen functional groups attached to an aromatic ring is 1. The Morgan fingerprint density at radius 1 is 1.03 bits per heavy atom. The lowest BCUT2D eigenvalue weighted by Gasteiger charge is -2.31. The number of rotatable bonds is 15. The molecule has 0 aliphatic heterocycles. The van der Waals surface area contributed by atoms with E-state index in [9.17, 15) is 4.79 Å². The highest BCUT2D eigenvalue weighted by atomic mass is 16.5. The summed E-state index contributed by atoms with van der Waals surface area (Å²) in [6, 6.07) is 7.56. The summed E-state index contributed by atoms with van der Waals surface area (Å²) in [6.45, 7) is 14.0. The summed E-state index contributed by atoms with van der Waals surface area (Å²) in [4.78, 5) is 13.4. The second-order valence-corrected chi connectivity index (χ2v) is 8.39. The molecule has 1 aromatic carbocycles. The molecule has 0 aliphatic carbocycles. The molecule has 0 aliphatic rings. The van der Waals surface area contributed by atoms with Crippen LogP contribution in [-0.4, -0.2) is 61.8 Å². The Morgan fingerprint density at radius 3 is 2.20 bits per heavy atom. The highest BCUT2D eigenvalue weighted by Crippen LogP contribution is 2.20. The smallest absolute Gasteiger partial charge is 0.330 e. The minimum absolute atomic E-state index is 0.107. The van der Waals surface area contributed by atoms with E-state index in [4.69, 9.17) is 25.1 Å². The van der Waals surface area contributed by atoms with Crippen LogP contribution in [0.1, 0.15) is 40.5 Å². The fourth-order valence-corrected chi connectivity index (χ4v) is 2.79. The van der Waals surface area contributed by atoms with Crippen molar-refractivity contribution in [3.05, 3.63) is 36.9 Å². The molecule has 0 heterocycles. The summed E-state index contributed by atoms with van der Waals surface area (Å²) in [5.74, 6) is -0.436. The van der Waals surface area contributed by atoms with Crippen LogP contribution in [0.25, 0.3) is 0 Å². The Balaban J connectivity index is 2.55. The van der Waals surface area contributed by atoms with Gasteiger partial charge in [0.2, 0.25) is 0 Å². The minimum atomic E-state index is -0.436. The second kappa shape index (κ2) is 12.6. The number of hydrogen-bond acceptors (Lipinski definition) is 7. The highest BCUT2D eigenvalue weighted by molar-refractivity contribution is 5.81. The van der Waals surface area contributed by atoms with Crippen LogP contribution in [0, 0.1) is 0 Å². The van der Waals surface area contributed by atoms with E-state index in [0.29, 0.717) is 38.4 Å². The quantitative estimate of drug-likeness (QED) is 0.255. The number of hydrogen-bond donors (Lipinski definition) is 2. The van der Waals surface area contributed by atoms with Crippen LogP contribution in [-0.2, 0) is 19.0 Å². The monoisotopic (exact) mass is 422 g/mol. The normalized spacial score (nSPS) is 11.9. The maximum Gasteiger partial charge on any atom is 0.330 e. The van der Waals surface area contributed by atoms with Gasteiger partial charge in [-0.25, -0.2) is 4.79 Å². The van der Waals surface area contributed by atoms with Crippen LogP contribution in [0.4, 0.5) is 11.4 Å². The van der Waals surface area contributed by atoms with E-state index in [0.717, 1.165) is 18.2 Å². The van der Waals surface area contributed by atoms with E-state index in [1.807, 2.05) is 52.0 Å². The van der Waals surface area contributed by atoms with Crippen molar-refractivity contribution in [2.24, 2.45) is 0 Å². The summed E-state index contributed by atoms with van der Waals surface area (Å²) in [7, 11) is 0. The summed E-state index contributed by atoms with van der Waals surface area (Å²) in [5, 5.41) is 9.10. The summed E-state index contributed by atoms with van der Waals surface area (Å²) < 4.78 is 17.1. The average Bonchev–Trinajstić information content (AvgIpc) is 2.66. The molecule has 0 radical (unpaired) electrons. The third kappa shape index (κ3) is 10.6.